The van der Waals surface area contributed by atoms with Crippen molar-refractivity contribution in [1.29, 1.82) is 0 Å². The van der Waals surface area contributed by atoms with E-state index in [0.717, 1.165) is 42.8 Å². The van der Waals surface area contributed by atoms with E-state index in [1.165, 1.54) is 0 Å². The Balaban J connectivity index is 1.70. The Morgan fingerprint density at radius 2 is 1.84 bits per heavy atom. The number of aryl methyl sites for hydroxylation is 1. The molecular weight excluding hydrogens is 428 g/mol. The Kier molecular flexibility index (Phi) is 5.16. The Bertz CT molecular complexity index is 1290. The lowest BCUT2D eigenvalue weighted by Crippen LogP contribution is -2.28. The van der Waals surface area contributed by atoms with E-state index in [-0.39, 0.29) is 23.5 Å². The van der Waals surface area contributed by atoms with Gasteiger partial charge in [0.05, 0.1) is 35.9 Å². The van der Waals surface area contributed by atoms with E-state index in [9.17, 15) is 13.2 Å². The molecule has 0 saturated carbocycles. The van der Waals surface area contributed by atoms with Crippen LogP contribution in [0.3, 0.4) is 0 Å². The summed E-state index contributed by atoms with van der Waals surface area (Å²) in [6, 6.07) is 9.26. The molecule has 3 aromatic rings. The van der Waals surface area contributed by atoms with E-state index in [1.807, 2.05) is 46.7 Å². The molecule has 2 saturated heterocycles. The molecule has 1 atom stereocenters. The van der Waals surface area contributed by atoms with Gasteiger partial charge in [-0.05, 0) is 56.5 Å². The average Bonchev–Trinajstić information content (AvgIpc) is 3.51. The summed E-state index contributed by atoms with van der Waals surface area (Å²) in [6.07, 6.45) is 2.52. The van der Waals surface area contributed by atoms with Gasteiger partial charge in [-0.15, -0.1) is 0 Å². The molecule has 32 heavy (non-hydrogen) atoms. The molecule has 4 heterocycles. The zero-order valence-electron chi connectivity index (χ0n) is 18.2. The lowest BCUT2D eigenvalue weighted by molar-refractivity contribution is 0.0789. The number of benzene rings is 1. The number of ether oxygens (including phenoxy) is 1. The summed E-state index contributed by atoms with van der Waals surface area (Å²) in [5.41, 5.74) is 3.14. The number of carbonyl (C=O) groups is 1. The number of sulfone groups is 1. The van der Waals surface area contributed by atoms with Gasteiger partial charge in [0, 0.05) is 18.7 Å². The second kappa shape index (κ2) is 7.88. The summed E-state index contributed by atoms with van der Waals surface area (Å²) < 4.78 is 31.6. The highest BCUT2D eigenvalue weighted by Crippen LogP contribution is 2.33. The molecule has 168 valence electrons. The van der Waals surface area contributed by atoms with Crippen LogP contribution in [0.15, 0.2) is 30.3 Å². The van der Waals surface area contributed by atoms with E-state index in [1.54, 1.807) is 7.11 Å². The minimum Gasteiger partial charge on any atom is -0.497 e. The summed E-state index contributed by atoms with van der Waals surface area (Å²) in [5, 5.41) is 0. The number of pyridine rings is 1. The van der Waals surface area contributed by atoms with Crippen LogP contribution in [0.4, 0.5) is 0 Å². The van der Waals surface area contributed by atoms with Crippen molar-refractivity contribution in [3.63, 3.8) is 0 Å². The van der Waals surface area contributed by atoms with Crippen molar-refractivity contribution in [2.75, 3.05) is 31.7 Å². The summed E-state index contributed by atoms with van der Waals surface area (Å²) in [5.74, 6) is 1.58. The van der Waals surface area contributed by atoms with Crippen molar-refractivity contribution >= 4 is 26.8 Å². The van der Waals surface area contributed by atoms with Gasteiger partial charge in [0.15, 0.2) is 15.5 Å². The molecule has 8 nitrogen and oxygen atoms in total. The second-order valence-electron chi connectivity index (χ2n) is 8.54. The first kappa shape index (κ1) is 20.9. The topological polar surface area (TPSA) is 94.4 Å². The number of likely N-dealkylation sites (tertiary alicyclic amines) is 1. The van der Waals surface area contributed by atoms with Crippen LogP contribution in [0.5, 0.6) is 5.75 Å². The molecule has 2 aromatic heterocycles. The normalized spacial score (nSPS) is 20.2. The van der Waals surface area contributed by atoms with Crippen LogP contribution in [0.2, 0.25) is 0 Å². The van der Waals surface area contributed by atoms with Crippen molar-refractivity contribution in [3.8, 4) is 17.0 Å². The SMILES string of the molecule is COc1ccc(-c2cc3c(nc(C)n3C3CCS(=O)(=O)C3)c(C(=O)N3CCCC3)n2)cc1. The number of rotatable bonds is 4. The molecule has 1 amide bonds. The van der Waals surface area contributed by atoms with E-state index >= 15 is 0 Å². The fourth-order valence-electron chi connectivity index (χ4n) is 4.78. The fraction of sp³-hybridized carbons (Fsp3) is 0.435. The maximum absolute atomic E-state index is 13.4. The summed E-state index contributed by atoms with van der Waals surface area (Å²) in [7, 11) is -1.46. The average molecular weight is 455 g/mol. The first-order valence-corrected chi connectivity index (χ1v) is 12.7. The fourth-order valence-corrected chi connectivity index (χ4v) is 6.48. The minimum atomic E-state index is -3.07. The molecule has 1 unspecified atom stereocenters. The number of methoxy groups -OCH3 is 1. The first-order valence-electron chi connectivity index (χ1n) is 10.9. The Morgan fingerprint density at radius 3 is 2.47 bits per heavy atom. The van der Waals surface area contributed by atoms with Crippen molar-refractivity contribution in [2.45, 2.75) is 32.2 Å². The van der Waals surface area contributed by atoms with Gasteiger partial charge in [0.2, 0.25) is 0 Å². The molecule has 2 aliphatic heterocycles. The Labute approximate surface area is 187 Å². The van der Waals surface area contributed by atoms with E-state index in [2.05, 4.69) is 0 Å². The number of hydrogen-bond donors (Lipinski definition) is 0. The molecule has 1 aromatic carbocycles. The van der Waals surface area contributed by atoms with Crippen molar-refractivity contribution in [2.24, 2.45) is 0 Å². The number of nitrogens with zero attached hydrogens (tertiary/aromatic N) is 4. The van der Waals surface area contributed by atoms with Gasteiger partial charge in [0.1, 0.15) is 17.1 Å². The van der Waals surface area contributed by atoms with Crippen LogP contribution in [0.25, 0.3) is 22.3 Å². The van der Waals surface area contributed by atoms with Gasteiger partial charge in [0.25, 0.3) is 5.91 Å². The highest BCUT2D eigenvalue weighted by molar-refractivity contribution is 7.91. The van der Waals surface area contributed by atoms with Gasteiger partial charge in [-0.25, -0.2) is 18.4 Å². The van der Waals surface area contributed by atoms with Gasteiger partial charge in [-0.3, -0.25) is 4.79 Å². The molecule has 0 spiro atoms. The Hall–Kier alpha value is -2.94. The van der Waals surface area contributed by atoms with Crippen LogP contribution in [0, 0.1) is 6.92 Å². The van der Waals surface area contributed by atoms with Crippen LogP contribution >= 0.6 is 0 Å². The maximum atomic E-state index is 13.4. The molecule has 0 aliphatic carbocycles. The zero-order chi connectivity index (χ0) is 22.5. The molecule has 2 aliphatic rings. The Morgan fingerprint density at radius 1 is 1.12 bits per heavy atom. The number of hydrogen-bond acceptors (Lipinski definition) is 6. The molecule has 0 bridgehead atoms. The lowest BCUT2D eigenvalue weighted by Gasteiger charge is -2.17. The van der Waals surface area contributed by atoms with Crippen molar-refractivity contribution in [3.05, 3.63) is 41.9 Å². The first-order chi connectivity index (χ1) is 15.4. The van der Waals surface area contributed by atoms with E-state index in [0.29, 0.717) is 29.1 Å². The van der Waals surface area contributed by atoms with E-state index < -0.39 is 9.84 Å². The third-order valence-corrected chi connectivity index (χ3v) is 8.16. The van der Waals surface area contributed by atoms with Crippen LogP contribution in [0.1, 0.15) is 41.6 Å². The van der Waals surface area contributed by atoms with E-state index in [4.69, 9.17) is 14.7 Å². The zero-order valence-corrected chi connectivity index (χ0v) is 19.1. The number of carbonyl (C=O) groups excluding carboxylic acids is 1. The quantitative estimate of drug-likeness (QED) is 0.602. The number of imidazole rings is 1. The molecule has 0 N–H and O–H groups in total. The summed E-state index contributed by atoms with van der Waals surface area (Å²) in [6.45, 7) is 3.30. The second-order valence-corrected chi connectivity index (χ2v) is 10.8. The maximum Gasteiger partial charge on any atom is 0.274 e. The van der Waals surface area contributed by atoms with Crippen LogP contribution in [-0.4, -0.2) is 65.5 Å². The predicted octanol–water partition coefficient (Wildman–Crippen LogP) is 3.01. The highest BCUT2D eigenvalue weighted by Gasteiger charge is 2.33. The van der Waals surface area contributed by atoms with Crippen molar-refractivity contribution in [1.82, 2.24) is 19.4 Å². The van der Waals surface area contributed by atoms with Gasteiger partial charge >= 0.3 is 0 Å². The number of amides is 1. The number of fused-ring (bicyclic) bond motifs is 1. The van der Waals surface area contributed by atoms with Gasteiger partial charge < -0.3 is 14.2 Å². The minimum absolute atomic E-state index is 0.0922. The molecule has 2 fully saturated rings. The van der Waals surface area contributed by atoms with Crippen LogP contribution < -0.4 is 4.74 Å². The summed E-state index contributed by atoms with van der Waals surface area (Å²) in [4.78, 5) is 24.7. The predicted molar refractivity (Wildman–Crippen MR) is 122 cm³/mol. The summed E-state index contributed by atoms with van der Waals surface area (Å²) >= 11 is 0. The monoisotopic (exact) mass is 454 g/mol. The number of aromatic nitrogens is 3. The molecule has 9 heteroatoms. The third-order valence-electron chi connectivity index (χ3n) is 6.41. The highest BCUT2D eigenvalue weighted by atomic mass is 32.2. The molecule has 5 rings (SSSR count). The standard InChI is InChI=1S/C23H26N4O4S/c1-15-24-21-20(27(15)17-9-12-32(29,30)14-17)13-19(16-5-7-18(31-2)8-6-16)25-22(21)23(28)26-10-3-4-11-26/h5-8,13,17H,3-4,9-12,14H2,1-2H3. The smallest absolute Gasteiger partial charge is 0.274 e. The molecular formula is C23H26N4O4S. The lowest BCUT2D eigenvalue weighted by atomic mass is 10.1. The third kappa shape index (κ3) is 3.64. The largest absolute Gasteiger partial charge is 0.497 e. The van der Waals surface area contributed by atoms with Gasteiger partial charge in [-0.1, -0.05) is 0 Å². The van der Waals surface area contributed by atoms with Crippen LogP contribution in [-0.2, 0) is 9.84 Å². The van der Waals surface area contributed by atoms with Gasteiger partial charge in [-0.2, -0.15) is 0 Å². The molecule has 0 radical (unpaired) electrons. The van der Waals surface area contributed by atoms with Crippen molar-refractivity contribution < 1.29 is 17.9 Å².